The quantitative estimate of drug-likeness (QED) is 0.927. The fourth-order valence-electron chi connectivity index (χ4n) is 1.50. The monoisotopic (exact) mass is 304 g/mol. The highest BCUT2D eigenvalue weighted by atomic mass is 35.5. The Bertz CT molecular complexity index is 449. The third-order valence-corrected chi connectivity index (χ3v) is 2.53. The van der Waals surface area contributed by atoms with Gasteiger partial charge in [0.25, 0.3) is 0 Å². The molecule has 0 bridgehead atoms. The first-order valence-electron chi connectivity index (χ1n) is 5.18. The van der Waals surface area contributed by atoms with Crippen molar-refractivity contribution >= 4 is 36.4 Å². The molecule has 0 aliphatic carbocycles. The zero-order valence-corrected chi connectivity index (χ0v) is 12.1. The second kappa shape index (κ2) is 9.17. The molecule has 0 radical (unpaired) electrons. The van der Waals surface area contributed by atoms with Crippen LogP contribution in [0.15, 0.2) is 48.8 Å². The van der Waals surface area contributed by atoms with Gasteiger partial charge in [0.05, 0.1) is 0 Å². The van der Waals surface area contributed by atoms with E-state index in [1.165, 1.54) is 11.1 Å². The smallest absolute Gasteiger partial charge is 0.0409 e. The van der Waals surface area contributed by atoms with Crippen molar-refractivity contribution in [2.24, 2.45) is 0 Å². The second-order valence-corrected chi connectivity index (χ2v) is 4.03. The SMILES string of the molecule is Cl.Cl.Clc1cccc(CNCc2ccncc2)c1. The summed E-state index contributed by atoms with van der Waals surface area (Å²) in [6.07, 6.45) is 3.60. The molecule has 0 unspecified atom stereocenters. The van der Waals surface area contributed by atoms with E-state index in [9.17, 15) is 0 Å². The normalized spacial score (nSPS) is 9.17. The van der Waals surface area contributed by atoms with E-state index in [4.69, 9.17) is 11.6 Å². The number of hydrogen-bond donors (Lipinski definition) is 1. The molecule has 0 aliphatic rings. The van der Waals surface area contributed by atoms with Gasteiger partial charge in [0.2, 0.25) is 0 Å². The van der Waals surface area contributed by atoms with Crippen molar-refractivity contribution in [3.63, 3.8) is 0 Å². The lowest BCUT2D eigenvalue weighted by atomic mass is 10.2. The molecule has 2 rings (SSSR count). The Kier molecular flexibility index (Phi) is 8.77. The molecule has 2 nitrogen and oxygen atoms in total. The van der Waals surface area contributed by atoms with E-state index in [1.807, 2.05) is 30.3 Å². The van der Waals surface area contributed by atoms with E-state index in [-0.39, 0.29) is 24.8 Å². The molecule has 0 saturated carbocycles. The number of nitrogens with one attached hydrogen (secondary N) is 1. The molecule has 2 aromatic rings. The van der Waals surface area contributed by atoms with Crippen molar-refractivity contribution in [2.75, 3.05) is 0 Å². The molecule has 0 amide bonds. The van der Waals surface area contributed by atoms with Crippen LogP contribution in [0, 0.1) is 0 Å². The van der Waals surface area contributed by atoms with Gasteiger partial charge in [-0.05, 0) is 35.4 Å². The van der Waals surface area contributed by atoms with Crippen molar-refractivity contribution in [3.05, 3.63) is 64.9 Å². The largest absolute Gasteiger partial charge is 0.309 e. The Labute approximate surface area is 125 Å². The molecule has 5 heteroatoms. The standard InChI is InChI=1S/C13H13ClN2.2ClH/c14-13-3-1-2-12(8-13)10-16-9-11-4-6-15-7-5-11;;/h1-8,16H,9-10H2;2*1H. The van der Waals surface area contributed by atoms with E-state index in [2.05, 4.69) is 16.4 Å². The third kappa shape index (κ3) is 5.69. The number of pyridine rings is 1. The van der Waals surface area contributed by atoms with Gasteiger partial charge in [-0.1, -0.05) is 23.7 Å². The first-order valence-corrected chi connectivity index (χ1v) is 5.56. The Hall–Kier alpha value is -0.800. The van der Waals surface area contributed by atoms with Gasteiger partial charge >= 0.3 is 0 Å². The van der Waals surface area contributed by atoms with Crippen molar-refractivity contribution in [3.8, 4) is 0 Å². The Morgan fingerprint density at radius 2 is 1.61 bits per heavy atom. The number of rotatable bonds is 4. The minimum atomic E-state index is 0. The van der Waals surface area contributed by atoms with Gasteiger partial charge in [-0.3, -0.25) is 4.98 Å². The zero-order chi connectivity index (χ0) is 11.2. The zero-order valence-electron chi connectivity index (χ0n) is 9.67. The maximum absolute atomic E-state index is 5.90. The Morgan fingerprint density at radius 3 is 2.28 bits per heavy atom. The first-order chi connectivity index (χ1) is 7.84. The molecular weight excluding hydrogens is 291 g/mol. The van der Waals surface area contributed by atoms with Crippen LogP contribution in [-0.2, 0) is 13.1 Å². The van der Waals surface area contributed by atoms with Crippen molar-refractivity contribution < 1.29 is 0 Å². The topological polar surface area (TPSA) is 24.9 Å². The third-order valence-electron chi connectivity index (χ3n) is 2.30. The average Bonchev–Trinajstić information content (AvgIpc) is 2.30. The highest BCUT2D eigenvalue weighted by Crippen LogP contribution is 2.10. The fourth-order valence-corrected chi connectivity index (χ4v) is 1.71. The van der Waals surface area contributed by atoms with Crippen LogP contribution in [0.25, 0.3) is 0 Å². The van der Waals surface area contributed by atoms with Crippen LogP contribution in [0.5, 0.6) is 0 Å². The molecule has 0 atom stereocenters. The molecule has 0 spiro atoms. The van der Waals surface area contributed by atoms with Crippen LogP contribution >= 0.6 is 36.4 Å². The summed E-state index contributed by atoms with van der Waals surface area (Å²) < 4.78 is 0. The lowest BCUT2D eigenvalue weighted by molar-refractivity contribution is 0.693. The summed E-state index contributed by atoms with van der Waals surface area (Å²) in [5.74, 6) is 0. The summed E-state index contributed by atoms with van der Waals surface area (Å²) in [4.78, 5) is 3.98. The van der Waals surface area contributed by atoms with Crippen LogP contribution in [0.2, 0.25) is 5.02 Å². The maximum atomic E-state index is 5.90. The number of nitrogens with zero attached hydrogens (tertiary/aromatic N) is 1. The molecule has 1 aromatic carbocycles. The van der Waals surface area contributed by atoms with Crippen LogP contribution in [0.1, 0.15) is 11.1 Å². The molecule has 0 aliphatic heterocycles. The van der Waals surface area contributed by atoms with E-state index in [0.29, 0.717) is 0 Å². The molecule has 1 aromatic heterocycles. The van der Waals surface area contributed by atoms with Crippen molar-refractivity contribution in [2.45, 2.75) is 13.1 Å². The molecule has 0 saturated heterocycles. The summed E-state index contributed by atoms with van der Waals surface area (Å²) in [5, 5.41) is 4.14. The summed E-state index contributed by atoms with van der Waals surface area (Å²) in [6.45, 7) is 1.66. The molecule has 0 fully saturated rings. The van der Waals surface area contributed by atoms with Crippen LogP contribution in [0.4, 0.5) is 0 Å². The summed E-state index contributed by atoms with van der Waals surface area (Å²) in [5.41, 5.74) is 2.43. The Balaban J connectivity index is 0.00000144. The summed E-state index contributed by atoms with van der Waals surface area (Å²) in [7, 11) is 0. The highest BCUT2D eigenvalue weighted by molar-refractivity contribution is 6.30. The number of halogens is 3. The van der Waals surface area contributed by atoms with Gasteiger partial charge < -0.3 is 5.32 Å². The van der Waals surface area contributed by atoms with E-state index >= 15 is 0 Å². The van der Waals surface area contributed by atoms with Gasteiger partial charge in [-0.25, -0.2) is 0 Å². The predicted molar refractivity (Wildman–Crippen MR) is 80.7 cm³/mol. The Morgan fingerprint density at radius 1 is 0.944 bits per heavy atom. The number of benzene rings is 1. The average molecular weight is 306 g/mol. The van der Waals surface area contributed by atoms with E-state index in [0.717, 1.165) is 18.1 Å². The lowest BCUT2D eigenvalue weighted by Gasteiger charge is -2.05. The molecule has 98 valence electrons. The highest BCUT2D eigenvalue weighted by Gasteiger charge is 1.94. The van der Waals surface area contributed by atoms with E-state index in [1.54, 1.807) is 12.4 Å². The maximum Gasteiger partial charge on any atom is 0.0409 e. The predicted octanol–water partition coefficient (Wildman–Crippen LogP) is 3.87. The van der Waals surface area contributed by atoms with Gasteiger partial charge in [-0.2, -0.15) is 0 Å². The van der Waals surface area contributed by atoms with E-state index < -0.39 is 0 Å². The van der Waals surface area contributed by atoms with Crippen molar-refractivity contribution in [1.29, 1.82) is 0 Å². The van der Waals surface area contributed by atoms with Gasteiger partial charge in [-0.15, -0.1) is 24.8 Å². The fraction of sp³-hybridized carbons (Fsp3) is 0.154. The minimum Gasteiger partial charge on any atom is -0.309 e. The molecule has 1 heterocycles. The second-order valence-electron chi connectivity index (χ2n) is 3.59. The molecular formula is C13H15Cl3N2. The summed E-state index contributed by atoms with van der Waals surface area (Å²) >= 11 is 5.90. The van der Waals surface area contributed by atoms with Gasteiger partial charge in [0.15, 0.2) is 0 Å². The summed E-state index contributed by atoms with van der Waals surface area (Å²) in [6, 6.07) is 11.9. The number of aromatic nitrogens is 1. The first kappa shape index (κ1) is 17.2. The van der Waals surface area contributed by atoms with Crippen LogP contribution in [0.3, 0.4) is 0 Å². The minimum absolute atomic E-state index is 0. The van der Waals surface area contributed by atoms with Crippen molar-refractivity contribution in [1.82, 2.24) is 10.3 Å². The molecule has 18 heavy (non-hydrogen) atoms. The lowest BCUT2D eigenvalue weighted by Crippen LogP contribution is -2.12. The van der Waals surface area contributed by atoms with Crippen LogP contribution in [-0.4, -0.2) is 4.98 Å². The molecule has 1 N–H and O–H groups in total. The van der Waals surface area contributed by atoms with Gasteiger partial charge in [0, 0.05) is 30.5 Å². The number of hydrogen-bond acceptors (Lipinski definition) is 2. The van der Waals surface area contributed by atoms with Crippen LogP contribution < -0.4 is 5.32 Å². The van der Waals surface area contributed by atoms with Gasteiger partial charge in [0.1, 0.15) is 0 Å².